The molecule has 6 nitrogen and oxygen atoms in total. The molecular formula is C19H23NO5S. The molecule has 0 saturated heterocycles. The molecule has 2 aromatic carbocycles. The summed E-state index contributed by atoms with van der Waals surface area (Å²) in [6.07, 6.45) is 0. The molecule has 0 aromatic heterocycles. The van der Waals surface area contributed by atoms with E-state index in [1.165, 1.54) is 24.3 Å². The molecule has 0 bridgehead atoms. The van der Waals surface area contributed by atoms with Crippen LogP contribution in [-0.4, -0.2) is 32.1 Å². The zero-order valence-electron chi connectivity index (χ0n) is 15.2. The summed E-state index contributed by atoms with van der Waals surface area (Å²) in [5, 5.41) is 9.23. The Labute approximate surface area is 153 Å². The number of ether oxygens (including phenoxy) is 1. The highest BCUT2D eigenvalue weighted by molar-refractivity contribution is 7.89. The second-order valence-corrected chi connectivity index (χ2v) is 8.05. The summed E-state index contributed by atoms with van der Waals surface area (Å²) in [4.78, 5) is 12.2. The Kier molecular flexibility index (Phi) is 6.05. The molecule has 0 aliphatic rings. The van der Waals surface area contributed by atoms with Crippen LogP contribution in [0.3, 0.4) is 0 Å². The fraction of sp³-hybridized carbons (Fsp3) is 0.316. The molecule has 0 fully saturated rings. The highest BCUT2D eigenvalue weighted by atomic mass is 32.2. The molecule has 0 aliphatic heterocycles. The van der Waals surface area contributed by atoms with Gasteiger partial charge < -0.3 is 9.84 Å². The van der Waals surface area contributed by atoms with E-state index in [4.69, 9.17) is 4.74 Å². The van der Waals surface area contributed by atoms with Crippen LogP contribution in [0.4, 0.5) is 0 Å². The maximum absolute atomic E-state index is 12.7. The average Bonchev–Trinajstić information content (AvgIpc) is 2.51. The van der Waals surface area contributed by atoms with Crippen LogP contribution in [0.25, 0.3) is 0 Å². The maximum atomic E-state index is 12.7. The van der Waals surface area contributed by atoms with Crippen molar-refractivity contribution in [2.45, 2.75) is 38.6 Å². The van der Waals surface area contributed by atoms with Gasteiger partial charge >= 0.3 is 5.97 Å². The molecule has 0 saturated carbocycles. The van der Waals surface area contributed by atoms with Gasteiger partial charge in [0.2, 0.25) is 10.0 Å². The van der Waals surface area contributed by atoms with Crippen molar-refractivity contribution >= 4 is 16.0 Å². The summed E-state index contributed by atoms with van der Waals surface area (Å²) >= 11 is 0. The molecular weight excluding hydrogens is 354 g/mol. The summed E-state index contributed by atoms with van der Waals surface area (Å²) < 4.78 is 33.0. The smallest absolute Gasteiger partial charge is 0.338 e. The molecule has 0 spiro atoms. The first-order chi connectivity index (χ1) is 12.1. The van der Waals surface area contributed by atoms with E-state index in [0.29, 0.717) is 11.1 Å². The number of esters is 1. The minimum Gasteiger partial charge on any atom is -0.508 e. The zero-order chi connectivity index (χ0) is 19.5. The number of aromatic hydroxyl groups is 1. The van der Waals surface area contributed by atoms with Gasteiger partial charge in [0.05, 0.1) is 16.5 Å². The Bertz CT molecular complexity index is 881. The maximum Gasteiger partial charge on any atom is 0.338 e. The Morgan fingerprint density at radius 2 is 1.65 bits per heavy atom. The summed E-state index contributed by atoms with van der Waals surface area (Å²) in [6, 6.07) is 8.67. The van der Waals surface area contributed by atoms with Crippen molar-refractivity contribution in [3.05, 3.63) is 58.7 Å². The first-order valence-electron chi connectivity index (χ1n) is 8.16. The van der Waals surface area contributed by atoms with Crippen molar-refractivity contribution in [3.63, 3.8) is 0 Å². The molecule has 2 N–H and O–H groups in total. The van der Waals surface area contributed by atoms with Crippen molar-refractivity contribution in [1.82, 2.24) is 4.72 Å². The third-order valence-electron chi connectivity index (χ3n) is 3.80. The highest BCUT2D eigenvalue weighted by Crippen LogP contribution is 2.22. The van der Waals surface area contributed by atoms with Gasteiger partial charge in [-0.05, 0) is 63.1 Å². The first kappa shape index (κ1) is 19.9. The molecule has 2 rings (SSSR count). The van der Waals surface area contributed by atoms with Gasteiger partial charge in [0.15, 0.2) is 0 Å². The zero-order valence-corrected chi connectivity index (χ0v) is 16.1. The number of hydrogen-bond donors (Lipinski definition) is 2. The molecule has 2 aromatic rings. The van der Waals surface area contributed by atoms with Gasteiger partial charge in [0.25, 0.3) is 0 Å². The lowest BCUT2D eigenvalue weighted by atomic mass is 10.1. The van der Waals surface area contributed by atoms with E-state index < -0.39 is 22.0 Å². The number of phenols is 1. The lowest BCUT2D eigenvalue weighted by Crippen LogP contribution is -2.37. The van der Waals surface area contributed by atoms with Crippen LogP contribution < -0.4 is 4.72 Å². The number of aryl methyl sites for hydroxylation is 3. The number of nitrogens with one attached hydrogen (secondary N) is 1. The quantitative estimate of drug-likeness (QED) is 0.755. The van der Waals surface area contributed by atoms with Crippen LogP contribution in [0.2, 0.25) is 0 Å². The largest absolute Gasteiger partial charge is 0.508 e. The van der Waals surface area contributed by atoms with Gasteiger partial charge in [-0.1, -0.05) is 17.7 Å². The van der Waals surface area contributed by atoms with Crippen LogP contribution >= 0.6 is 0 Å². The fourth-order valence-electron chi connectivity index (χ4n) is 2.83. The van der Waals surface area contributed by atoms with Crippen molar-refractivity contribution in [2.75, 3.05) is 6.61 Å². The number of hydrogen-bond acceptors (Lipinski definition) is 5. The van der Waals surface area contributed by atoms with Crippen LogP contribution in [0.5, 0.6) is 5.75 Å². The second kappa shape index (κ2) is 7.88. The molecule has 7 heteroatoms. The normalized spacial score (nSPS) is 12.6. The topological polar surface area (TPSA) is 92.7 Å². The van der Waals surface area contributed by atoms with Crippen LogP contribution in [-0.2, 0) is 14.8 Å². The van der Waals surface area contributed by atoms with Gasteiger partial charge in [-0.2, -0.15) is 0 Å². The van der Waals surface area contributed by atoms with Crippen LogP contribution in [0.1, 0.15) is 34.0 Å². The number of rotatable bonds is 6. The van der Waals surface area contributed by atoms with Gasteiger partial charge in [-0.3, -0.25) is 0 Å². The predicted molar refractivity (Wildman–Crippen MR) is 98.8 cm³/mol. The van der Waals surface area contributed by atoms with Gasteiger partial charge in [-0.15, -0.1) is 0 Å². The summed E-state index contributed by atoms with van der Waals surface area (Å²) in [5.41, 5.74) is 2.62. The SMILES string of the molecule is Cc1cc(C)c(S(=O)(=O)NC(C)COC(=O)c2ccc(O)cc2)c(C)c1. The van der Waals surface area contributed by atoms with Crippen molar-refractivity contribution < 1.29 is 23.1 Å². The number of carbonyl (C=O) groups is 1. The molecule has 1 atom stereocenters. The molecule has 1 unspecified atom stereocenters. The molecule has 0 radical (unpaired) electrons. The van der Waals surface area contributed by atoms with E-state index in [-0.39, 0.29) is 22.8 Å². The monoisotopic (exact) mass is 377 g/mol. The number of phenolic OH excluding ortho intramolecular Hbond substituents is 1. The van der Waals surface area contributed by atoms with Crippen LogP contribution in [0.15, 0.2) is 41.3 Å². The van der Waals surface area contributed by atoms with E-state index in [2.05, 4.69) is 4.72 Å². The number of benzene rings is 2. The van der Waals surface area contributed by atoms with E-state index >= 15 is 0 Å². The molecule has 26 heavy (non-hydrogen) atoms. The van der Waals surface area contributed by atoms with Crippen molar-refractivity contribution in [1.29, 1.82) is 0 Å². The van der Waals surface area contributed by atoms with E-state index in [9.17, 15) is 18.3 Å². The minimum absolute atomic E-state index is 0.0477. The molecule has 0 amide bonds. The summed E-state index contributed by atoms with van der Waals surface area (Å²) in [5.74, 6) is -0.537. The summed E-state index contributed by atoms with van der Waals surface area (Å²) in [6.45, 7) is 6.94. The Morgan fingerprint density at radius 3 is 2.19 bits per heavy atom. The fourth-order valence-corrected chi connectivity index (χ4v) is 4.51. The highest BCUT2D eigenvalue weighted by Gasteiger charge is 2.22. The van der Waals surface area contributed by atoms with E-state index in [1.807, 2.05) is 19.1 Å². The summed E-state index contributed by atoms with van der Waals surface area (Å²) in [7, 11) is -3.73. The van der Waals surface area contributed by atoms with Gasteiger partial charge in [-0.25, -0.2) is 17.9 Å². The molecule has 0 aliphatic carbocycles. The predicted octanol–water partition coefficient (Wildman–Crippen LogP) is 2.84. The minimum atomic E-state index is -3.73. The van der Waals surface area contributed by atoms with Gasteiger partial charge in [0, 0.05) is 0 Å². The lowest BCUT2D eigenvalue weighted by molar-refractivity contribution is 0.0481. The van der Waals surface area contributed by atoms with Gasteiger partial charge in [0.1, 0.15) is 12.4 Å². The Balaban J connectivity index is 2.04. The first-order valence-corrected chi connectivity index (χ1v) is 9.65. The second-order valence-electron chi connectivity index (χ2n) is 6.40. The van der Waals surface area contributed by atoms with Crippen molar-refractivity contribution in [2.24, 2.45) is 0 Å². The van der Waals surface area contributed by atoms with E-state index in [1.54, 1.807) is 20.8 Å². The number of sulfonamides is 1. The van der Waals surface area contributed by atoms with E-state index in [0.717, 1.165) is 5.56 Å². The Morgan fingerprint density at radius 1 is 1.12 bits per heavy atom. The average molecular weight is 377 g/mol. The third-order valence-corrected chi connectivity index (χ3v) is 5.69. The third kappa shape index (κ3) is 4.83. The molecule has 140 valence electrons. The number of carbonyl (C=O) groups excluding carboxylic acids is 1. The standard InChI is InChI=1S/C19H23NO5S/c1-12-9-13(2)18(14(3)10-12)26(23,24)20-15(4)11-25-19(22)16-5-7-17(21)8-6-16/h5-10,15,20-21H,11H2,1-4H3. The molecule has 0 heterocycles. The van der Waals surface area contributed by atoms with Crippen LogP contribution in [0, 0.1) is 20.8 Å². The lowest BCUT2D eigenvalue weighted by Gasteiger charge is -2.17. The van der Waals surface area contributed by atoms with Crippen molar-refractivity contribution in [3.8, 4) is 5.75 Å². The Hall–Kier alpha value is -2.38.